The Kier molecular flexibility index (Phi) is 19.8. The van der Waals surface area contributed by atoms with Crippen LogP contribution < -0.4 is 9.47 Å². The summed E-state index contributed by atoms with van der Waals surface area (Å²) in [7, 11) is 1.47. The van der Waals surface area contributed by atoms with Crippen molar-refractivity contribution in [3.05, 3.63) is 276 Å². The number of esters is 7. The highest BCUT2D eigenvalue weighted by Gasteiger charge is 2.59. The molecule has 8 aromatic carbocycles. The summed E-state index contributed by atoms with van der Waals surface area (Å²) in [6, 6.07) is 61.1. The summed E-state index contributed by atoms with van der Waals surface area (Å²) in [5.74, 6) is -5.99. The maximum Gasteiger partial charge on any atom is 0.338 e. The maximum absolute atomic E-state index is 14.7. The first-order chi connectivity index (χ1) is 42.5. The second kappa shape index (κ2) is 28.9. The van der Waals surface area contributed by atoms with Gasteiger partial charge in [-0.05, 0) is 109 Å². The van der Waals surface area contributed by atoms with Crippen molar-refractivity contribution in [1.29, 1.82) is 0 Å². The lowest BCUT2D eigenvalue weighted by Gasteiger charge is -2.48. The number of carbonyl (C=O) groups excluding carboxylic acids is 7. The topological polar surface area (TPSA) is 230 Å². The molecule has 0 radical (unpaired) electrons. The summed E-state index contributed by atoms with van der Waals surface area (Å²) in [5, 5.41) is 0. The lowest BCUT2D eigenvalue weighted by Crippen LogP contribution is -2.67. The lowest BCUT2D eigenvalue weighted by atomic mass is 9.95. The molecule has 0 aliphatic carbocycles. The molecule has 0 spiro atoms. The molecule has 0 saturated carbocycles. The minimum absolute atomic E-state index is 0.00564. The van der Waals surface area contributed by atoms with E-state index < -0.39 is 116 Å². The first kappa shape index (κ1) is 59.7. The molecule has 2 aliphatic heterocycles. The van der Waals surface area contributed by atoms with Gasteiger partial charge in [0.05, 0.1) is 46.1 Å². The molecule has 2 saturated heterocycles. The van der Waals surface area contributed by atoms with Gasteiger partial charge in [-0.2, -0.15) is 0 Å². The molecule has 0 amide bonds. The van der Waals surface area contributed by atoms with Crippen LogP contribution in [0.15, 0.2) is 237 Å². The van der Waals surface area contributed by atoms with Gasteiger partial charge in [0.15, 0.2) is 30.7 Å². The molecule has 2 aliphatic rings. The molecule has 19 nitrogen and oxygen atoms in total. The molecule has 0 unspecified atom stereocenters. The number of carbonyl (C=O) groups is 7. The Morgan fingerprint density at radius 1 is 0.299 bits per heavy atom. The standard InChI is InChI=1S/C68H56O19/c1-76-50-37-39-51(40-38-50)79-67-58(85-65(74)48-33-19-7-20-34-48)57(84-64(73)47-31-17-6-18-32-47)55(53(80-67)42-78-61(70)44-25-11-3-12-26-44)87-68-59(86-66(75)49-35-21-8-22-36-49)56(83-63(72)46-29-15-5-16-30-46)54(82-62(71)45-27-13-4-14-28-45)52(81-68)41-77-60(69)43-23-9-2-10-24-43/h2-40,52-59,67-68H,41-42H2,1H3/t52-,53-,54+,55-,56+,57+,58-,59-,67-,68+/m1/s1. The van der Waals surface area contributed by atoms with Gasteiger partial charge in [-0.15, -0.1) is 0 Å². The van der Waals surface area contributed by atoms with Crippen LogP contribution in [0.4, 0.5) is 0 Å². The SMILES string of the molecule is COc1ccc(O[C@@H]2O[C@H](COC(=O)c3ccccc3)[C@@H](O[C@@H]3O[C@H](COC(=O)c4ccccc4)[C@H](OC(=O)c4ccccc4)[C@H](OC(=O)c4ccccc4)[C@H]3OC(=O)c3ccccc3)[C@H](OC(=O)c3ccccc3)[C@H]2OC(=O)c2ccccc2)cc1. The maximum atomic E-state index is 14.7. The molecular weight excluding hydrogens is 1120 g/mol. The Hall–Kier alpha value is -10.5. The molecule has 0 N–H and O–H groups in total. The first-order valence-electron chi connectivity index (χ1n) is 27.5. The summed E-state index contributed by atoms with van der Waals surface area (Å²) in [5.41, 5.74) is 0.381. The highest BCUT2D eigenvalue weighted by molar-refractivity contribution is 5.93. The molecule has 0 aromatic heterocycles. The normalized spacial score (nSPS) is 21.3. The van der Waals surface area contributed by atoms with Crippen LogP contribution in [0.25, 0.3) is 0 Å². The average molecular weight is 1180 g/mol. The number of hydrogen-bond donors (Lipinski definition) is 0. The predicted octanol–water partition coefficient (Wildman–Crippen LogP) is 9.75. The molecule has 10 atom stereocenters. The van der Waals surface area contributed by atoms with Crippen molar-refractivity contribution in [2.24, 2.45) is 0 Å². The summed E-state index contributed by atoms with van der Waals surface area (Å²) in [4.78, 5) is 101. The molecule has 442 valence electrons. The van der Waals surface area contributed by atoms with E-state index in [2.05, 4.69) is 0 Å². The minimum Gasteiger partial charge on any atom is -0.497 e. The molecule has 87 heavy (non-hydrogen) atoms. The number of rotatable bonds is 21. The van der Waals surface area contributed by atoms with Crippen LogP contribution >= 0.6 is 0 Å². The Morgan fingerprint density at radius 3 is 0.908 bits per heavy atom. The van der Waals surface area contributed by atoms with Crippen molar-refractivity contribution in [3.8, 4) is 11.5 Å². The van der Waals surface area contributed by atoms with Crippen molar-refractivity contribution in [2.75, 3.05) is 20.3 Å². The van der Waals surface area contributed by atoms with Crippen molar-refractivity contribution >= 4 is 41.8 Å². The van der Waals surface area contributed by atoms with Crippen LogP contribution in [0.2, 0.25) is 0 Å². The predicted molar refractivity (Wildman–Crippen MR) is 307 cm³/mol. The van der Waals surface area contributed by atoms with E-state index in [1.165, 1.54) is 92.0 Å². The minimum atomic E-state index is -2.08. The fourth-order valence-corrected chi connectivity index (χ4v) is 9.46. The number of hydrogen-bond acceptors (Lipinski definition) is 19. The van der Waals surface area contributed by atoms with Crippen molar-refractivity contribution in [2.45, 2.75) is 61.4 Å². The Labute approximate surface area is 499 Å². The lowest BCUT2D eigenvalue weighted by molar-refractivity contribution is -0.349. The molecular formula is C68H56O19. The van der Waals surface area contributed by atoms with Crippen LogP contribution in [-0.2, 0) is 47.4 Å². The fraction of sp³-hybridized carbons (Fsp3) is 0.191. The van der Waals surface area contributed by atoms with Crippen molar-refractivity contribution in [3.63, 3.8) is 0 Å². The van der Waals surface area contributed by atoms with E-state index in [0.29, 0.717) is 5.75 Å². The summed E-state index contributed by atoms with van der Waals surface area (Å²) in [6.45, 7) is -1.47. The summed E-state index contributed by atoms with van der Waals surface area (Å²) in [6.07, 6.45) is -18.4. The Balaban J connectivity index is 1.14. The van der Waals surface area contributed by atoms with E-state index in [4.69, 9.17) is 56.8 Å². The average Bonchev–Trinajstić information content (AvgIpc) is 3.04. The number of methoxy groups -OCH3 is 1. The molecule has 10 rings (SSSR count). The van der Waals surface area contributed by atoms with Gasteiger partial charge < -0.3 is 56.8 Å². The van der Waals surface area contributed by atoms with Gasteiger partial charge in [0.25, 0.3) is 0 Å². The van der Waals surface area contributed by atoms with Crippen LogP contribution in [0.5, 0.6) is 11.5 Å². The molecule has 2 heterocycles. The van der Waals surface area contributed by atoms with Crippen LogP contribution in [0, 0.1) is 0 Å². The van der Waals surface area contributed by atoms with Gasteiger partial charge in [-0.3, -0.25) is 0 Å². The van der Waals surface area contributed by atoms with Crippen molar-refractivity contribution in [1.82, 2.24) is 0 Å². The van der Waals surface area contributed by atoms with Gasteiger partial charge >= 0.3 is 41.8 Å². The Bertz CT molecular complexity index is 3580. The summed E-state index contributed by atoms with van der Waals surface area (Å²) >= 11 is 0. The quantitative estimate of drug-likeness (QED) is 0.0481. The summed E-state index contributed by atoms with van der Waals surface area (Å²) < 4.78 is 76.2. The van der Waals surface area contributed by atoms with Crippen LogP contribution in [0.1, 0.15) is 72.5 Å². The highest BCUT2D eigenvalue weighted by atomic mass is 16.8. The third kappa shape index (κ3) is 15.3. The fourth-order valence-electron chi connectivity index (χ4n) is 9.46. The second-order valence-electron chi connectivity index (χ2n) is 19.6. The second-order valence-corrected chi connectivity index (χ2v) is 19.6. The molecule has 2 fully saturated rings. The number of ether oxygens (including phenoxy) is 12. The van der Waals surface area contributed by atoms with E-state index in [1.54, 1.807) is 152 Å². The third-order valence-electron chi connectivity index (χ3n) is 13.8. The zero-order valence-corrected chi connectivity index (χ0v) is 46.5. The highest BCUT2D eigenvalue weighted by Crippen LogP contribution is 2.38. The van der Waals surface area contributed by atoms with E-state index in [-0.39, 0.29) is 44.7 Å². The van der Waals surface area contributed by atoms with Crippen LogP contribution in [0.3, 0.4) is 0 Å². The smallest absolute Gasteiger partial charge is 0.338 e. The van der Waals surface area contributed by atoms with Gasteiger partial charge in [0, 0.05) is 0 Å². The monoisotopic (exact) mass is 1180 g/mol. The number of benzene rings is 8. The zero-order chi connectivity index (χ0) is 60.5. The van der Waals surface area contributed by atoms with Gasteiger partial charge in [-0.25, -0.2) is 33.6 Å². The van der Waals surface area contributed by atoms with E-state index in [9.17, 15) is 33.6 Å². The van der Waals surface area contributed by atoms with Gasteiger partial charge in [0.1, 0.15) is 43.0 Å². The third-order valence-corrected chi connectivity index (χ3v) is 13.8. The Morgan fingerprint density at radius 2 is 0.563 bits per heavy atom. The molecule has 0 bridgehead atoms. The molecule has 19 heteroatoms. The molecule has 8 aromatic rings. The van der Waals surface area contributed by atoms with Crippen LogP contribution in [-0.4, -0.2) is 124 Å². The van der Waals surface area contributed by atoms with Gasteiger partial charge in [-0.1, -0.05) is 127 Å². The van der Waals surface area contributed by atoms with E-state index in [1.807, 2.05) is 0 Å². The van der Waals surface area contributed by atoms with Crippen molar-refractivity contribution < 1.29 is 90.4 Å². The largest absolute Gasteiger partial charge is 0.497 e. The van der Waals surface area contributed by atoms with Gasteiger partial charge in [0.2, 0.25) is 12.4 Å². The first-order valence-corrected chi connectivity index (χ1v) is 27.5. The van der Waals surface area contributed by atoms with E-state index >= 15 is 0 Å². The van der Waals surface area contributed by atoms with E-state index in [0.717, 1.165) is 0 Å². The zero-order valence-electron chi connectivity index (χ0n) is 46.5.